The van der Waals surface area contributed by atoms with E-state index in [2.05, 4.69) is 18.9 Å². The Morgan fingerprint density at radius 1 is 1.31 bits per heavy atom. The Balaban J connectivity index is 2.42. The van der Waals surface area contributed by atoms with Gasteiger partial charge in [0.15, 0.2) is 0 Å². The number of unbranched alkanes of at least 4 members (excludes halogenated alkanes) is 1. The van der Waals surface area contributed by atoms with Crippen molar-refractivity contribution < 1.29 is 4.74 Å². The molecule has 0 spiro atoms. The second-order valence-corrected chi connectivity index (χ2v) is 4.24. The van der Waals surface area contributed by atoms with Crippen LogP contribution in [0.3, 0.4) is 0 Å². The molecule has 0 aliphatic carbocycles. The third-order valence-electron chi connectivity index (χ3n) is 2.75. The summed E-state index contributed by atoms with van der Waals surface area (Å²) in [6.07, 6.45) is 2.31. The Bertz CT molecular complexity index is 323. The van der Waals surface area contributed by atoms with E-state index in [0.717, 1.165) is 43.1 Å². The standard InChI is InChI=1S/C12H21ClN2O/c1-4-5-7-16-8-6-15-11(3)12(9-13)10(2)14-15/h4-9H2,1-3H3. The van der Waals surface area contributed by atoms with Gasteiger partial charge in [0.05, 0.1) is 24.7 Å². The molecule has 4 heteroatoms. The van der Waals surface area contributed by atoms with Crippen LogP contribution in [0.1, 0.15) is 36.7 Å². The molecule has 0 saturated heterocycles. The van der Waals surface area contributed by atoms with E-state index in [0.29, 0.717) is 5.88 Å². The first-order valence-corrected chi connectivity index (χ1v) is 6.40. The molecule has 3 nitrogen and oxygen atoms in total. The molecule has 1 aromatic heterocycles. The van der Waals surface area contributed by atoms with Gasteiger partial charge in [-0.15, -0.1) is 11.6 Å². The highest BCUT2D eigenvalue weighted by Crippen LogP contribution is 2.14. The highest BCUT2D eigenvalue weighted by atomic mass is 35.5. The molecule has 0 N–H and O–H groups in total. The van der Waals surface area contributed by atoms with Crippen LogP contribution in [0.25, 0.3) is 0 Å². The van der Waals surface area contributed by atoms with Crippen LogP contribution in [0.15, 0.2) is 0 Å². The van der Waals surface area contributed by atoms with Crippen molar-refractivity contribution in [3.8, 4) is 0 Å². The Labute approximate surface area is 103 Å². The second kappa shape index (κ2) is 6.92. The first-order valence-electron chi connectivity index (χ1n) is 5.87. The maximum absolute atomic E-state index is 5.87. The van der Waals surface area contributed by atoms with E-state index in [1.165, 1.54) is 6.42 Å². The minimum absolute atomic E-state index is 0.536. The van der Waals surface area contributed by atoms with Crippen molar-refractivity contribution in [2.75, 3.05) is 13.2 Å². The Morgan fingerprint density at radius 2 is 2.06 bits per heavy atom. The zero-order valence-electron chi connectivity index (χ0n) is 10.4. The zero-order valence-corrected chi connectivity index (χ0v) is 11.2. The summed E-state index contributed by atoms with van der Waals surface area (Å²) in [5.74, 6) is 0.536. The number of rotatable bonds is 7. The van der Waals surface area contributed by atoms with E-state index in [9.17, 15) is 0 Å². The van der Waals surface area contributed by atoms with Crippen molar-refractivity contribution in [3.05, 3.63) is 17.0 Å². The number of halogens is 1. The number of hydrogen-bond acceptors (Lipinski definition) is 2. The molecule has 0 fully saturated rings. The van der Waals surface area contributed by atoms with Crippen molar-refractivity contribution >= 4 is 11.6 Å². The van der Waals surface area contributed by atoms with Gasteiger partial charge in [0, 0.05) is 17.9 Å². The summed E-state index contributed by atoms with van der Waals surface area (Å²) < 4.78 is 7.51. The number of ether oxygens (including phenoxy) is 1. The van der Waals surface area contributed by atoms with Crippen LogP contribution in [0, 0.1) is 13.8 Å². The summed E-state index contributed by atoms with van der Waals surface area (Å²) in [5.41, 5.74) is 3.34. The van der Waals surface area contributed by atoms with Crippen molar-refractivity contribution in [2.24, 2.45) is 0 Å². The van der Waals surface area contributed by atoms with Gasteiger partial charge in [0.1, 0.15) is 0 Å². The minimum Gasteiger partial charge on any atom is -0.380 e. The van der Waals surface area contributed by atoms with Gasteiger partial charge in [-0.25, -0.2) is 0 Å². The molecule has 92 valence electrons. The van der Waals surface area contributed by atoms with Crippen LogP contribution in [0.5, 0.6) is 0 Å². The normalized spacial score (nSPS) is 11.0. The number of nitrogens with zero attached hydrogens (tertiary/aromatic N) is 2. The fourth-order valence-electron chi connectivity index (χ4n) is 1.64. The lowest BCUT2D eigenvalue weighted by Crippen LogP contribution is -2.09. The molecule has 0 amide bonds. The first-order chi connectivity index (χ1) is 7.70. The number of aromatic nitrogens is 2. The SMILES string of the molecule is CCCCOCCn1nc(C)c(CCl)c1C. The van der Waals surface area contributed by atoms with Crippen molar-refractivity contribution in [2.45, 2.75) is 46.0 Å². The molecule has 1 aromatic rings. The predicted octanol–water partition coefficient (Wildman–Crippen LogP) is 3.06. The molecule has 0 aromatic carbocycles. The molecule has 0 radical (unpaired) electrons. The number of hydrogen-bond donors (Lipinski definition) is 0. The van der Waals surface area contributed by atoms with E-state index < -0.39 is 0 Å². The van der Waals surface area contributed by atoms with Crippen LogP contribution in [0.2, 0.25) is 0 Å². The summed E-state index contributed by atoms with van der Waals surface area (Å²) in [5, 5.41) is 4.45. The summed E-state index contributed by atoms with van der Waals surface area (Å²) in [7, 11) is 0. The average molecular weight is 245 g/mol. The molecule has 0 aliphatic heterocycles. The molecule has 1 heterocycles. The lowest BCUT2D eigenvalue weighted by molar-refractivity contribution is 0.120. The van der Waals surface area contributed by atoms with Crippen LogP contribution >= 0.6 is 11.6 Å². The highest BCUT2D eigenvalue weighted by Gasteiger charge is 2.09. The van der Waals surface area contributed by atoms with E-state index in [4.69, 9.17) is 16.3 Å². The third kappa shape index (κ3) is 3.49. The molecular formula is C12H21ClN2O. The summed E-state index contributed by atoms with van der Waals surface area (Å²) in [6, 6.07) is 0. The van der Waals surface area contributed by atoms with Gasteiger partial charge in [-0.1, -0.05) is 13.3 Å². The molecule has 0 aliphatic rings. The predicted molar refractivity (Wildman–Crippen MR) is 67.0 cm³/mol. The lowest BCUT2D eigenvalue weighted by atomic mass is 10.2. The van der Waals surface area contributed by atoms with Crippen molar-refractivity contribution in [3.63, 3.8) is 0 Å². The summed E-state index contributed by atoms with van der Waals surface area (Å²) >= 11 is 5.87. The monoisotopic (exact) mass is 244 g/mol. The van der Waals surface area contributed by atoms with Gasteiger partial charge in [-0.05, 0) is 20.3 Å². The van der Waals surface area contributed by atoms with Crippen LogP contribution < -0.4 is 0 Å². The number of aryl methyl sites for hydroxylation is 1. The minimum atomic E-state index is 0.536. The van der Waals surface area contributed by atoms with E-state index >= 15 is 0 Å². The lowest BCUT2D eigenvalue weighted by Gasteiger charge is -2.05. The molecule has 0 atom stereocenters. The molecular weight excluding hydrogens is 224 g/mol. The number of alkyl halides is 1. The Hall–Kier alpha value is -0.540. The second-order valence-electron chi connectivity index (χ2n) is 3.97. The van der Waals surface area contributed by atoms with Gasteiger partial charge < -0.3 is 4.74 Å². The molecule has 1 rings (SSSR count). The third-order valence-corrected chi connectivity index (χ3v) is 3.02. The van der Waals surface area contributed by atoms with E-state index in [1.807, 2.05) is 11.6 Å². The topological polar surface area (TPSA) is 27.1 Å². The summed E-state index contributed by atoms with van der Waals surface area (Å²) in [6.45, 7) is 8.61. The van der Waals surface area contributed by atoms with Gasteiger partial charge in [-0.2, -0.15) is 5.10 Å². The van der Waals surface area contributed by atoms with Gasteiger partial charge in [0.25, 0.3) is 0 Å². The van der Waals surface area contributed by atoms with Gasteiger partial charge >= 0.3 is 0 Å². The highest BCUT2D eigenvalue weighted by molar-refractivity contribution is 6.17. The molecule has 0 saturated carbocycles. The van der Waals surface area contributed by atoms with Crippen molar-refractivity contribution in [1.82, 2.24) is 9.78 Å². The Kier molecular flexibility index (Phi) is 5.85. The maximum Gasteiger partial charge on any atom is 0.0662 e. The molecule has 16 heavy (non-hydrogen) atoms. The van der Waals surface area contributed by atoms with Crippen LogP contribution in [-0.2, 0) is 17.2 Å². The fraction of sp³-hybridized carbons (Fsp3) is 0.750. The smallest absolute Gasteiger partial charge is 0.0662 e. The zero-order chi connectivity index (χ0) is 12.0. The quantitative estimate of drug-likeness (QED) is 0.545. The van der Waals surface area contributed by atoms with E-state index in [-0.39, 0.29) is 0 Å². The van der Waals surface area contributed by atoms with Crippen LogP contribution in [0.4, 0.5) is 0 Å². The van der Waals surface area contributed by atoms with Crippen molar-refractivity contribution in [1.29, 1.82) is 0 Å². The van der Waals surface area contributed by atoms with E-state index in [1.54, 1.807) is 0 Å². The Morgan fingerprint density at radius 3 is 2.62 bits per heavy atom. The maximum atomic E-state index is 5.87. The molecule has 0 unspecified atom stereocenters. The molecule has 0 bridgehead atoms. The fourth-order valence-corrected chi connectivity index (χ4v) is 2.03. The largest absolute Gasteiger partial charge is 0.380 e. The van der Waals surface area contributed by atoms with Crippen LogP contribution in [-0.4, -0.2) is 23.0 Å². The average Bonchev–Trinajstić information content (AvgIpc) is 2.53. The van der Waals surface area contributed by atoms with Gasteiger partial charge in [-0.3, -0.25) is 4.68 Å². The first kappa shape index (κ1) is 13.5. The van der Waals surface area contributed by atoms with Gasteiger partial charge in [0.2, 0.25) is 0 Å². The summed E-state index contributed by atoms with van der Waals surface area (Å²) in [4.78, 5) is 0.